The number of fused-ring (bicyclic) bond motifs is 2. The molecule has 2 N–H and O–H groups in total. The van der Waals surface area contributed by atoms with Crippen LogP contribution in [0.4, 0.5) is 4.39 Å². The summed E-state index contributed by atoms with van der Waals surface area (Å²) in [5.74, 6) is -0.606. The average Bonchev–Trinajstić information content (AvgIpc) is 2.92. The van der Waals surface area contributed by atoms with Gasteiger partial charge < -0.3 is 15.5 Å². The molecule has 130 valence electrons. The molecule has 0 radical (unpaired) electrons. The van der Waals surface area contributed by atoms with Gasteiger partial charge >= 0.3 is 0 Å². The van der Waals surface area contributed by atoms with Gasteiger partial charge in [0.2, 0.25) is 5.91 Å². The van der Waals surface area contributed by atoms with E-state index in [0.29, 0.717) is 23.7 Å². The fourth-order valence-electron chi connectivity index (χ4n) is 3.71. The van der Waals surface area contributed by atoms with E-state index >= 15 is 0 Å². The Labute approximate surface area is 141 Å². The summed E-state index contributed by atoms with van der Waals surface area (Å²) in [7, 11) is 1.86. The fourth-order valence-corrected chi connectivity index (χ4v) is 3.71. The Bertz CT molecular complexity index is 593. The van der Waals surface area contributed by atoms with Gasteiger partial charge in [-0.25, -0.2) is 4.39 Å². The number of nitrogens with one attached hydrogen (secondary N) is 2. The quantitative estimate of drug-likeness (QED) is 0.862. The van der Waals surface area contributed by atoms with E-state index in [1.54, 1.807) is 0 Å². The lowest BCUT2D eigenvalue weighted by Gasteiger charge is -2.35. The van der Waals surface area contributed by atoms with Gasteiger partial charge in [-0.1, -0.05) is 0 Å². The maximum atomic E-state index is 12.8. The minimum Gasteiger partial charge on any atom is -0.352 e. The van der Waals surface area contributed by atoms with Crippen LogP contribution in [-0.2, 0) is 4.79 Å². The van der Waals surface area contributed by atoms with E-state index in [4.69, 9.17) is 0 Å². The number of amides is 2. The van der Waals surface area contributed by atoms with Crippen LogP contribution >= 0.6 is 0 Å². The largest absolute Gasteiger partial charge is 0.352 e. The predicted molar refractivity (Wildman–Crippen MR) is 89.1 cm³/mol. The SMILES string of the molecule is CN(C(=O)CCNC(=O)c1ccc(F)cc1)C1CC2CCC(C1)N2. The number of piperidine rings is 1. The molecule has 0 spiro atoms. The van der Waals surface area contributed by atoms with E-state index in [2.05, 4.69) is 10.6 Å². The standard InChI is InChI=1S/C18H24FN3O2/c1-22(16-10-14-6-7-15(11-16)21-14)17(23)8-9-20-18(24)12-2-4-13(19)5-3-12/h2-5,14-16,21H,6-11H2,1H3,(H,20,24). The molecular formula is C18H24FN3O2. The Morgan fingerprint density at radius 1 is 1.21 bits per heavy atom. The highest BCUT2D eigenvalue weighted by Gasteiger charge is 2.36. The van der Waals surface area contributed by atoms with E-state index in [-0.39, 0.29) is 30.6 Å². The zero-order valence-electron chi connectivity index (χ0n) is 13.9. The van der Waals surface area contributed by atoms with E-state index in [9.17, 15) is 14.0 Å². The Kier molecular flexibility index (Phi) is 5.14. The molecule has 0 aliphatic carbocycles. The molecule has 6 heteroatoms. The van der Waals surface area contributed by atoms with Gasteiger partial charge in [0.15, 0.2) is 0 Å². The smallest absolute Gasteiger partial charge is 0.251 e. The summed E-state index contributed by atoms with van der Waals surface area (Å²) in [4.78, 5) is 26.1. The van der Waals surface area contributed by atoms with Crippen LogP contribution in [0.5, 0.6) is 0 Å². The second-order valence-corrected chi connectivity index (χ2v) is 6.78. The second kappa shape index (κ2) is 7.30. The molecule has 2 amide bonds. The molecule has 2 fully saturated rings. The highest BCUT2D eigenvalue weighted by Crippen LogP contribution is 2.29. The molecule has 2 heterocycles. The third-order valence-electron chi connectivity index (χ3n) is 5.12. The Morgan fingerprint density at radius 2 is 1.83 bits per heavy atom. The van der Waals surface area contributed by atoms with E-state index in [1.165, 1.54) is 37.1 Å². The summed E-state index contributed by atoms with van der Waals surface area (Å²) in [6.45, 7) is 0.289. The summed E-state index contributed by atoms with van der Waals surface area (Å²) >= 11 is 0. The van der Waals surface area contributed by atoms with Gasteiger partial charge in [-0.05, 0) is 49.9 Å². The lowest BCUT2D eigenvalue weighted by molar-refractivity contribution is -0.132. The van der Waals surface area contributed by atoms with Crippen LogP contribution in [0.2, 0.25) is 0 Å². The first-order chi connectivity index (χ1) is 11.5. The van der Waals surface area contributed by atoms with Gasteiger partial charge in [0.25, 0.3) is 5.91 Å². The first-order valence-electron chi connectivity index (χ1n) is 8.58. The van der Waals surface area contributed by atoms with E-state index in [0.717, 1.165) is 12.8 Å². The van der Waals surface area contributed by atoms with Crippen LogP contribution in [0.25, 0.3) is 0 Å². The summed E-state index contributed by atoms with van der Waals surface area (Å²) in [6.07, 6.45) is 4.72. The van der Waals surface area contributed by atoms with Gasteiger partial charge in [-0.2, -0.15) is 0 Å². The van der Waals surface area contributed by atoms with Gasteiger partial charge in [0, 0.05) is 43.7 Å². The minimum atomic E-state index is -0.376. The number of carbonyl (C=O) groups excluding carboxylic acids is 2. The Balaban J connectivity index is 1.43. The lowest BCUT2D eigenvalue weighted by Crippen LogP contribution is -2.49. The van der Waals surface area contributed by atoms with Crippen LogP contribution in [-0.4, -0.2) is 48.4 Å². The van der Waals surface area contributed by atoms with Crippen molar-refractivity contribution in [3.05, 3.63) is 35.6 Å². The van der Waals surface area contributed by atoms with Crippen molar-refractivity contribution < 1.29 is 14.0 Å². The van der Waals surface area contributed by atoms with Crippen molar-refractivity contribution >= 4 is 11.8 Å². The normalized spacial score (nSPS) is 25.3. The molecule has 0 aromatic heterocycles. The third kappa shape index (κ3) is 3.93. The van der Waals surface area contributed by atoms with Crippen LogP contribution in [0.1, 0.15) is 42.5 Å². The Hall–Kier alpha value is -1.95. The molecule has 0 saturated carbocycles. The summed E-state index contributed by atoms with van der Waals surface area (Å²) in [5.41, 5.74) is 0.395. The molecular weight excluding hydrogens is 309 g/mol. The molecule has 3 rings (SSSR count). The van der Waals surface area contributed by atoms with Gasteiger partial charge in [-0.3, -0.25) is 9.59 Å². The lowest BCUT2D eigenvalue weighted by atomic mass is 9.98. The first kappa shape index (κ1) is 16.9. The molecule has 24 heavy (non-hydrogen) atoms. The molecule has 2 bridgehead atoms. The molecule has 2 saturated heterocycles. The molecule has 2 aliphatic rings. The monoisotopic (exact) mass is 333 g/mol. The van der Waals surface area contributed by atoms with Crippen molar-refractivity contribution in [2.24, 2.45) is 0 Å². The van der Waals surface area contributed by atoms with Crippen molar-refractivity contribution in [3.63, 3.8) is 0 Å². The van der Waals surface area contributed by atoms with Crippen molar-refractivity contribution in [1.82, 2.24) is 15.5 Å². The summed E-state index contributed by atoms with van der Waals surface area (Å²) in [5, 5.41) is 6.29. The number of carbonyl (C=O) groups is 2. The van der Waals surface area contributed by atoms with Crippen molar-refractivity contribution in [2.75, 3.05) is 13.6 Å². The van der Waals surface area contributed by atoms with Crippen molar-refractivity contribution in [1.29, 1.82) is 0 Å². The van der Waals surface area contributed by atoms with Crippen LogP contribution < -0.4 is 10.6 Å². The van der Waals surface area contributed by atoms with Gasteiger partial charge in [-0.15, -0.1) is 0 Å². The van der Waals surface area contributed by atoms with Crippen molar-refractivity contribution in [2.45, 2.75) is 50.2 Å². The number of hydrogen-bond donors (Lipinski definition) is 2. The number of rotatable bonds is 5. The number of hydrogen-bond acceptors (Lipinski definition) is 3. The van der Waals surface area contributed by atoms with E-state index in [1.807, 2.05) is 11.9 Å². The molecule has 1 aromatic rings. The maximum Gasteiger partial charge on any atom is 0.251 e. The van der Waals surface area contributed by atoms with Crippen LogP contribution in [0, 0.1) is 5.82 Å². The topological polar surface area (TPSA) is 61.4 Å². The zero-order chi connectivity index (χ0) is 17.1. The van der Waals surface area contributed by atoms with E-state index < -0.39 is 0 Å². The van der Waals surface area contributed by atoms with Gasteiger partial charge in [0.1, 0.15) is 5.82 Å². The number of nitrogens with zero attached hydrogens (tertiary/aromatic N) is 1. The van der Waals surface area contributed by atoms with Crippen LogP contribution in [0.15, 0.2) is 24.3 Å². The number of halogens is 1. The molecule has 5 nitrogen and oxygen atoms in total. The van der Waals surface area contributed by atoms with Crippen molar-refractivity contribution in [3.8, 4) is 0 Å². The first-order valence-corrected chi connectivity index (χ1v) is 8.58. The fraction of sp³-hybridized carbons (Fsp3) is 0.556. The molecule has 2 unspecified atom stereocenters. The molecule has 2 atom stereocenters. The summed E-state index contributed by atoms with van der Waals surface area (Å²) < 4.78 is 12.8. The third-order valence-corrected chi connectivity index (χ3v) is 5.12. The average molecular weight is 333 g/mol. The van der Waals surface area contributed by atoms with Crippen LogP contribution in [0.3, 0.4) is 0 Å². The Morgan fingerprint density at radius 3 is 2.46 bits per heavy atom. The highest BCUT2D eigenvalue weighted by atomic mass is 19.1. The number of benzene rings is 1. The molecule has 1 aromatic carbocycles. The summed E-state index contributed by atoms with van der Waals surface area (Å²) in [6, 6.07) is 6.75. The zero-order valence-corrected chi connectivity index (χ0v) is 13.9. The highest BCUT2D eigenvalue weighted by molar-refractivity contribution is 5.94. The predicted octanol–water partition coefficient (Wildman–Crippen LogP) is 1.69. The molecule has 2 aliphatic heterocycles. The maximum absolute atomic E-state index is 12.8. The van der Waals surface area contributed by atoms with Gasteiger partial charge in [0.05, 0.1) is 0 Å². The minimum absolute atomic E-state index is 0.0562. The second-order valence-electron chi connectivity index (χ2n) is 6.78.